The van der Waals surface area contributed by atoms with Gasteiger partial charge in [0.15, 0.2) is 0 Å². The number of halogens is 1. The number of fused-ring (bicyclic) bond motifs is 1. The van der Waals surface area contributed by atoms with E-state index in [0.29, 0.717) is 27.8 Å². The highest BCUT2D eigenvalue weighted by Crippen LogP contribution is 2.37. The minimum atomic E-state index is -0.285. The van der Waals surface area contributed by atoms with Crippen molar-refractivity contribution in [2.45, 2.75) is 39.3 Å². The van der Waals surface area contributed by atoms with Crippen molar-refractivity contribution in [1.82, 2.24) is 4.90 Å². The van der Waals surface area contributed by atoms with Gasteiger partial charge in [-0.05, 0) is 30.9 Å². The van der Waals surface area contributed by atoms with Gasteiger partial charge in [-0.1, -0.05) is 19.9 Å². The third-order valence-corrected chi connectivity index (χ3v) is 5.24. The van der Waals surface area contributed by atoms with E-state index in [1.165, 1.54) is 17.4 Å². The smallest absolute Gasteiger partial charge is 0.264 e. The van der Waals surface area contributed by atoms with E-state index in [4.69, 9.17) is 4.74 Å². The van der Waals surface area contributed by atoms with Gasteiger partial charge in [0.2, 0.25) is 0 Å². The molecule has 1 amide bonds. The molecule has 0 atom stereocenters. The van der Waals surface area contributed by atoms with Crippen molar-refractivity contribution in [3.05, 3.63) is 34.5 Å². The molecular weight excluding hydrogens is 313 g/mol. The number of amides is 1. The molecule has 0 unspecified atom stereocenters. The molecule has 0 bridgehead atoms. The van der Waals surface area contributed by atoms with Gasteiger partial charge in [0.05, 0.1) is 11.5 Å². The lowest BCUT2D eigenvalue weighted by Crippen LogP contribution is -2.36. The summed E-state index contributed by atoms with van der Waals surface area (Å²) in [6.07, 6.45) is 2.13. The molecular formula is C18H22FNO2S. The quantitative estimate of drug-likeness (QED) is 0.781. The molecule has 1 fully saturated rings. The molecule has 1 aromatic carbocycles. The maximum Gasteiger partial charge on any atom is 0.264 e. The number of thiophene rings is 1. The van der Waals surface area contributed by atoms with Crippen LogP contribution in [0.4, 0.5) is 4.39 Å². The fourth-order valence-electron chi connectivity index (χ4n) is 2.93. The van der Waals surface area contributed by atoms with Gasteiger partial charge in [-0.2, -0.15) is 0 Å². The van der Waals surface area contributed by atoms with Crippen LogP contribution in [0.1, 0.15) is 41.9 Å². The number of nitrogens with zero attached hydrogens (tertiary/aromatic N) is 1. The Balaban J connectivity index is 2.05. The Morgan fingerprint density at radius 2 is 2.17 bits per heavy atom. The first-order valence-corrected chi connectivity index (χ1v) is 8.84. The average molecular weight is 335 g/mol. The van der Waals surface area contributed by atoms with Crippen LogP contribution < -0.4 is 0 Å². The van der Waals surface area contributed by atoms with Gasteiger partial charge >= 0.3 is 0 Å². The maximum absolute atomic E-state index is 14.3. The molecule has 0 N–H and O–H groups in total. The van der Waals surface area contributed by atoms with Crippen LogP contribution in [0.25, 0.3) is 10.1 Å². The summed E-state index contributed by atoms with van der Waals surface area (Å²) in [6, 6.07) is 5.33. The second-order valence-electron chi connectivity index (χ2n) is 6.54. The van der Waals surface area contributed by atoms with E-state index in [2.05, 4.69) is 13.8 Å². The van der Waals surface area contributed by atoms with Crippen LogP contribution in [0.5, 0.6) is 0 Å². The Morgan fingerprint density at radius 3 is 2.78 bits per heavy atom. The van der Waals surface area contributed by atoms with Gasteiger partial charge in [0.1, 0.15) is 5.82 Å². The van der Waals surface area contributed by atoms with Crippen LogP contribution in [0.2, 0.25) is 0 Å². The lowest BCUT2D eigenvalue weighted by molar-refractivity contribution is 0.0723. The van der Waals surface area contributed by atoms with Crippen LogP contribution >= 0.6 is 11.3 Å². The number of hydrogen-bond donors (Lipinski definition) is 0. The molecule has 0 spiro atoms. The van der Waals surface area contributed by atoms with Gasteiger partial charge in [0, 0.05) is 35.3 Å². The maximum atomic E-state index is 14.3. The number of carbonyl (C=O) groups excluding carboxylic acids is 1. The van der Waals surface area contributed by atoms with Crippen LogP contribution in [0, 0.1) is 11.7 Å². The zero-order valence-corrected chi connectivity index (χ0v) is 14.6. The van der Waals surface area contributed by atoms with Crippen molar-refractivity contribution in [1.29, 1.82) is 0 Å². The molecule has 1 aliphatic carbocycles. The van der Waals surface area contributed by atoms with Crippen molar-refractivity contribution in [3.8, 4) is 0 Å². The molecule has 2 aromatic rings. The first-order valence-electron chi connectivity index (χ1n) is 8.02. The second-order valence-corrected chi connectivity index (χ2v) is 7.59. The summed E-state index contributed by atoms with van der Waals surface area (Å²) in [5.41, 5.74) is 0.685. The Labute approximate surface area is 140 Å². The summed E-state index contributed by atoms with van der Waals surface area (Å²) in [4.78, 5) is 15.7. The highest BCUT2D eigenvalue weighted by Gasteiger charge is 2.35. The largest absolute Gasteiger partial charge is 0.380 e. The van der Waals surface area contributed by atoms with Crippen LogP contribution in [-0.4, -0.2) is 30.5 Å². The SMILES string of the molecule is COCc1c(C(=O)N(CC(C)C)C2CC2)sc2cccc(F)c12. The number of rotatable bonds is 6. The van der Waals surface area contributed by atoms with Gasteiger partial charge in [-0.15, -0.1) is 11.3 Å². The number of hydrogen-bond acceptors (Lipinski definition) is 3. The molecule has 23 heavy (non-hydrogen) atoms. The zero-order chi connectivity index (χ0) is 16.6. The van der Waals surface area contributed by atoms with E-state index in [-0.39, 0.29) is 18.3 Å². The monoisotopic (exact) mass is 335 g/mol. The average Bonchev–Trinajstić information content (AvgIpc) is 3.27. The number of carbonyl (C=O) groups is 1. The summed E-state index contributed by atoms with van der Waals surface area (Å²) >= 11 is 1.38. The fraction of sp³-hybridized carbons (Fsp3) is 0.500. The van der Waals surface area contributed by atoms with Crippen molar-refractivity contribution in [3.63, 3.8) is 0 Å². The van der Waals surface area contributed by atoms with E-state index in [0.717, 1.165) is 24.1 Å². The third kappa shape index (κ3) is 3.26. The van der Waals surface area contributed by atoms with E-state index in [1.54, 1.807) is 13.2 Å². The molecule has 3 nitrogen and oxygen atoms in total. The van der Waals surface area contributed by atoms with E-state index in [1.807, 2.05) is 11.0 Å². The summed E-state index contributed by atoms with van der Waals surface area (Å²) in [7, 11) is 1.57. The molecule has 1 heterocycles. The topological polar surface area (TPSA) is 29.5 Å². The molecule has 1 aromatic heterocycles. The molecule has 124 valence electrons. The minimum Gasteiger partial charge on any atom is -0.380 e. The van der Waals surface area contributed by atoms with E-state index in [9.17, 15) is 9.18 Å². The zero-order valence-electron chi connectivity index (χ0n) is 13.8. The van der Waals surface area contributed by atoms with Crippen molar-refractivity contribution in [2.24, 2.45) is 5.92 Å². The standard InChI is InChI=1S/C18H22FNO2S/c1-11(2)9-20(12-7-8-12)18(21)17-13(10-22-3)16-14(19)5-4-6-15(16)23-17/h4-6,11-12H,7-10H2,1-3H3. The van der Waals surface area contributed by atoms with Crippen molar-refractivity contribution >= 4 is 27.3 Å². The number of benzene rings is 1. The molecule has 1 aliphatic rings. The Kier molecular flexibility index (Phi) is 4.69. The lowest BCUT2D eigenvalue weighted by atomic mass is 10.1. The van der Waals surface area contributed by atoms with Gasteiger partial charge in [0.25, 0.3) is 5.91 Å². The van der Waals surface area contributed by atoms with Gasteiger partial charge in [-0.25, -0.2) is 4.39 Å². The molecule has 0 saturated heterocycles. The number of methoxy groups -OCH3 is 1. The summed E-state index contributed by atoms with van der Waals surface area (Å²) < 4.78 is 20.3. The molecule has 3 rings (SSSR count). The normalized spacial score (nSPS) is 14.7. The second kappa shape index (κ2) is 6.57. The third-order valence-electron chi connectivity index (χ3n) is 4.06. The van der Waals surface area contributed by atoms with Crippen LogP contribution in [0.15, 0.2) is 18.2 Å². The Bertz CT molecular complexity index is 721. The van der Waals surface area contributed by atoms with Crippen molar-refractivity contribution in [2.75, 3.05) is 13.7 Å². The van der Waals surface area contributed by atoms with E-state index < -0.39 is 0 Å². The number of ether oxygens (including phenoxy) is 1. The molecule has 0 radical (unpaired) electrons. The summed E-state index contributed by atoms with van der Waals surface area (Å²) in [5, 5.41) is 0.531. The molecule has 0 aliphatic heterocycles. The summed E-state index contributed by atoms with van der Waals surface area (Å²) in [6.45, 7) is 5.22. The summed E-state index contributed by atoms with van der Waals surface area (Å²) in [5.74, 6) is 0.150. The predicted octanol–water partition coefficient (Wildman–Crippen LogP) is 4.45. The van der Waals surface area contributed by atoms with Gasteiger partial charge < -0.3 is 9.64 Å². The Hall–Kier alpha value is -1.46. The Morgan fingerprint density at radius 1 is 1.43 bits per heavy atom. The molecule has 1 saturated carbocycles. The minimum absolute atomic E-state index is 0.0221. The first kappa shape index (κ1) is 16.4. The van der Waals surface area contributed by atoms with Gasteiger partial charge in [-0.3, -0.25) is 4.79 Å². The highest BCUT2D eigenvalue weighted by atomic mass is 32.1. The fourth-order valence-corrected chi connectivity index (χ4v) is 4.11. The first-order chi connectivity index (χ1) is 11.0. The lowest BCUT2D eigenvalue weighted by Gasteiger charge is -2.24. The van der Waals surface area contributed by atoms with Crippen molar-refractivity contribution < 1.29 is 13.9 Å². The molecule has 5 heteroatoms. The predicted molar refractivity (Wildman–Crippen MR) is 91.4 cm³/mol. The van der Waals surface area contributed by atoms with Crippen LogP contribution in [0.3, 0.4) is 0 Å². The highest BCUT2D eigenvalue weighted by molar-refractivity contribution is 7.21. The van der Waals surface area contributed by atoms with E-state index >= 15 is 0 Å². The van der Waals surface area contributed by atoms with Crippen LogP contribution in [-0.2, 0) is 11.3 Å².